The van der Waals surface area contributed by atoms with Crippen LogP contribution in [-0.2, 0) is 32.6 Å². The standard InChI is InChI=1S/C22H23F4N5O5S/c1-2-27-21(33)22(34)30-7-5-11(10-30)29-37(35,36)19-15-4-3-6-31(15)18(17(19)26)20(32)28-12-8-13(23)16(25)14(24)9-12/h8-9,11,29H,2-7,10H2,1H3,(H,27,33)(H,28,32)/t11-/m1/s1. The molecular weight excluding hydrogens is 522 g/mol. The Morgan fingerprint density at radius 2 is 1.73 bits per heavy atom. The van der Waals surface area contributed by atoms with E-state index in [9.17, 15) is 36.0 Å². The van der Waals surface area contributed by atoms with E-state index in [4.69, 9.17) is 0 Å². The fraction of sp³-hybridized carbons (Fsp3) is 0.409. The van der Waals surface area contributed by atoms with Crippen LogP contribution < -0.4 is 15.4 Å². The van der Waals surface area contributed by atoms with E-state index >= 15 is 4.39 Å². The first kappa shape index (κ1) is 26.6. The van der Waals surface area contributed by atoms with Crippen molar-refractivity contribution in [3.05, 3.63) is 46.8 Å². The van der Waals surface area contributed by atoms with Gasteiger partial charge in [0.2, 0.25) is 10.0 Å². The summed E-state index contributed by atoms with van der Waals surface area (Å²) < 4.78 is 85.6. The zero-order valence-electron chi connectivity index (χ0n) is 19.5. The van der Waals surface area contributed by atoms with Gasteiger partial charge >= 0.3 is 11.8 Å². The predicted molar refractivity (Wildman–Crippen MR) is 121 cm³/mol. The molecule has 0 unspecified atom stereocenters. The van der Waals surface area contributed by atoms with Gasteiger partial charge < -0.3 is 20.1 Å². The summed E-state index contributed by atoms with van der Waals surface area (Å²) in [5, 5.41) is 4.44. The molecule has 0 radical (unpaired) electrons. The number of rotatable bonds is 6. The van der Waals surface area contributed by atoms with E-state index in [1.165, 1.54) is 9.47 Å². The van der Waals surface area contributed by atoms with Crippen molar-refractivity contribution >= 4 is 33.4 Å². The minimum absolute atomic E-state index is 0.0415. The van der Waals surface area contributed by atoms with Gasteiger partial charge in [-0.05, 0) is 26.2 Å². The van der Waals surface area contributed by atoms with Crippen LogP contribution in [-0.4, -0.2) is 61.3 Å². The molecule has 15 heteroatoms. The lowest BCUT2D eigenvalue weighted by Crippen LogP contribution is -2.44. The van der Waals surface area contributed by atoms with Crippen molar-refractivity contribution in [3.8, 4) is 0 Å². The highest BCUT2D eigenvalue weighted by Gasteiger charge is 2.39. The number of amides is 3. The summed E-state index contributed by atoms with van der Waals surface area (Å²) in [5.74, 6) is -9.04. The largest absolute Gasteiger partial charge is 0.348 e. The van der Waals surface area contributed by atoms with E-state index in [2.05, 4.69) is 15.4 Å². The Morgan fingerprint density at radius 1 is 1.05 bits per heavy atom. The molecule has 0 saturated carbocycles. The number of nitrogens with one attached hydrogen (secondary N) is 3. The number of anilines is 1. The summed E-state index contributed by atoms with van der Waals surface area (Å²) in [7, 11) is -4.52. The molecule has 37 heavy (non-hydrogen) atoms. The number of sulfonamides is 1. The number of likely N-dealkylation sites (tertiary alicyclic amines) is 1. The SMILES string of the molecule is CCNC(=O)C(=O)N1CC[C@@H](NS(=O)(=O)c2c(F)c(C(=O)Nc3cc(F)c(F)c(F)c3)n3c2CCC3)C1. The third-order valence-corrected chi connectivity index (χ3v) is 7.71. The first-order chi connectivity index (χ1) is 17.4. The highest BCUT2D eigenvalue weighted by atomic mass is 32.2. The van der Waals surface area contributed by atoms with Crippen LogP contribution in [0.1, 0.15) is 35.9 Å². The number of carbonyl (C=O) groups excluding carboxylic acids is 3. The zero-order valence-corrected chi connectivity index (χ0v) is 20.4. The van der Waals surface area contributed by atoms with Gasteiger partial charge in [0.25, 0.3) is 5.91 Å². The average Bonchev–Trinajstić information content (AvgIpc) is 3.52. The van der Waals surface area contributed by atoms with Gasteiger partial charge in [0.15, 0.2) is 23.3 Å². The number of benzene rings is 1. The molecule has 2 aliphatic rings. The van der Waals surface area contributed by atoms with Crippen molar-refractivity contribution < 1.29 is 40.4 Å². The fourth-order valence-corrected chi connectivity index (χ4v) is 6.13. The van der Waals surface area contributed by atoms with Crippen molar-refractivity contribution in [3.63, 3.8) is 0 Å². The topological polar surface area (TPSA) is 130 Å². The van der Waals surface area contributed by atoms with Crippen LogP contribution in [0.5, 0.6) is 0 Å². The van der Waals surface area contributed by atoms with E-state index in [1.807, 2.05) is 0 Å². The van der Waals surface area contributed by atoms with Crippen LogP contribution in [0, 0.1) is 23.3 Å². The Morgan fingerprint density at radius 3 is 2.38 bits per heavy atom. The fourth-order valence-electron chi connectivity index (χ4n) is 4.52. The summed E-state index contributed by atoms with van der Waals surface area (Å²) in [6.07, 6.45) is 0.736. The molecule has 0 bridgehead atoms. The van der Waals surface area contributed by atoms with Crippen LogP contribution in [0.4, 0.5) is 23.2 Å². The van der Waals surface area contributed by atoms with Crippen molar-refractivity contribution in [2.45, 2.75) is 43.7 Å². The van der Waals surface area contributed by atoms with Gasteiger partial charge in [0, 0.05) is 55.7 Å². The molecule has 4 rings (SSSR count). The van der Waals surface area contributed by atoms with Crippen LogP contribution in [0.3, 0.4) is 0 Å². The van der Waals surface area contributed by atoms with Gasteiger partial charge in [-0.1, -0.05) is 0 Å². The van der Waals surface area contributed by atoms with E-state index in [0.29, 0.717) is 18.6 Å². The molecule has 1 aromatic heterocycles. The third-order valence-electron chi connectivity index (χ3n) is 6.11. The average molecular weight is 546 g/mol. The number of hydrogen-bond donors (Lipinski definition) is 3. The smallest absolute Gasteiger partial charge is 0.311 e. The molecule has 2 aliphatic heterocycles. The Bertz CT molecular complexity index is 1370. The maximum Gasteiger partial charge on any atom is 0.311 e. The molecule has 3 heterocycles. The molecule has 1 aromatic carbocycles. The van der Waals surface area contributed by atoms with Crippen LogP contribution >= 0.6 is 0 Å². The lowest BCUT2D eigenvalue weighted by atomic mass is 10.2. The van der Waals surface area contributed by atoms with Crippen molar-refractivity contribution in [2.75, 3.05) is 25.0 Å². The van der Waals surface area contributed by atoms with Gasteiger partial charge in [0.05, 0.1) is 0 Å². The summed E-state index contributed by atoms with van der Waals surface area (Å²) in [6.45, 7) is 2.00. The number of hydrogen-bond acceptors (Lipinski definition) is 5. The van der Waals surface area contributed by atoms with Crippen LogP contribution in [0.15, 0.2) is 17.0 Å². The van der Waals surface area contributed by atoms with Gasteiger partial charge in [0.1, 0.15) is 10.6 Å². The second-order valence-corrected chi connectivity index (χ2v) is 10.3. The van der Waals surface area contributed by atoms with E-state index in [-0.39, 0.29) is 44.7 Å². The molecule has 2 aromatic rings. The number of fused-ring (bicyclic) bond motifs is 1. The molecule has 0 aliphatic carbocycles. The van der Waals surface area contributed by atoms with Gasteiger partial charge in [-0.3, -0.25) is 14.4 Å². The molecule has 200 valence electrons. The van der Waals surface area contributed by atoms with E-state index < -0.39 is 73.3 Å². The molecule has 3 N–H and O–H groups in total. The second-order valence-electron chi connectivity index (χ2n) is 8.62. The lowest BCUT2D eigenvalue weighted by Gasteiger charge is -2.16. The van der Waals surface area contributed by atoms with E-state index in [0.717, 1.165) is 0 Å². The molecular formula is C22H23F4N5O5S. The normalized spacial score (nSPS) is 17.1. The maximum absolute atomic E-state index is 15.5. The van der Waals surface area contributed by atoms with Crippen molar-refractivity contribution in [2.24, 2.45) is 0 Å². The molecule has 1 fully saturated rings. The van der Waals surface area contributed by atoms with Crippen molar-refractivity contribution in [1.29, 1.82) is 0 Å². The van der Waals surface area contributed by atoms with E-state index in [1.54, 1.807) is 6.92 Å². The summed E-state index contributed by atoms with van der Waals surface area (Å²) in [5.41, 5.74) is -1.10. The van der Waals surface area contributed by atoms with Gasteiger partial charge in [-0.2, -0.15) is 0 Å². The second kappa shape index (κ2) is 10.1. The predicted octanol–water partition coefficient (Wildman–Crippen LogP) is 1.26. The molecule has 10 nitrogen and oxygen atoms in total. The summed E-state index contributed by atoms with van der Waals surface area (Å²) in [6, 6.07) is 0.215. The Labute approximate surface area is 209 Å². The molecule has 1 saturated heterocycles. The molecule has 0 spiro atoms. The zero-order chi connectivity index (χ0) is 27.1. The first-order valence-electron chi connectivity index (χ1n) is 11.4. The quantitative estimate of drug-likeness (QED) is 0.286. The summed E-state index contributed by atoms with van der Waals surface area (Å²) in [4.78, 5) is 37.2. The van der Waals surface area contributed by atoms with Gasteiger partial charge in [-0.15, -0.1) is 0 Å². The Balaban J connectivity index is 1.57. The number of likely N-dealkylation sites (N-methyl/N-ethyl adjacent to an activating group) is 1. The molecule has 1 atom stereocenters. The van der Waals surface area contributed by atoms with Gasteiger partial charge in [-0.25, -0.2) is 30.7 Å². The first-order valence-corrected chi connectivity index (χ1v) is 12.9. The number of aromatic nitrogens is 1. The summed E-state index contributed by atoms with van der Waals surface area (Å²) >= 11 is 0. The lowest BCUT2D eigenvalue weighted by molar-refractivity contribution is -0.145. The maximum atomic E-state index is 15.5. The number of halogens is 4. The highest BCUT2D eigenvalue weighted by molar-refractivity contribution is 7.89. The Hall–Kier alpha value is -3.46. The van der Waals surface area contributed by atoms with Crippen LogP contribution in [0.2, 0.25) is 0 Å². The van der Waals surface area contributed by atoms with Crippen LogP contribution in [0.25, 0.3) is 0 Å². The Kier molecular flexibility index (Phi) is 7.28. The molecule has 3 amide bonds. The minimum atomic E-state index is -4.52. The highest BCUT2D eigenvalue weighted by Crippen LogP contribution is 2.33. The monoisotopic (exact) mass is 545 g/mol. The minimum Gasteiger partial charge on any atom is -0.348 e. The van der Waals surface area contributed by atoms with Crippen molar-refractivity contribution in [1.82, 2.24) is 19.5 Å². The third kappa shape index (κ3) is 5.05. The number of carbonyl (C=O) groups is 3. The number of nitrogens with zero attached hydrogens (tertiary/aromatic N) is 2.